The summed E-state index contributed by atoms with van der Waals surface area (Å²) >= 11 is 6.16. The maximum Gasteiger partial charge on any atom is 0.243 e. The molecule has 0 saturated carbocycles. The smallest absolute Gasteiger partial charge is 0.243 e. The van der Waals surface area contributed by atoms with Gasteiger partial charge in [-0.1, -0.05) is 53.6 Å². The molecular weight excluding hydrogens is 488 g/mol. The van der Waals surface area contributed by atoms with E-state index in [0.29, 0.717) is 33.2 Å². The molecule has 3 aromatic carbocycles. The standard InChI is InChI=1S/C24H23ClN6O3S/c1-16-9-11-20(12-10-16)35(33,34)31(15-23(32)26-22-8-4-7-21(25)17(22)2)14-18-5-3-6-19(13-18)24-27-29-30-28-24/h3-13H,14-15H2,1-2H3,(H,26,32)(H,27,28,29,30). The first-order valence-electron chi connectivity index (χ1n) is 10.7. The molecule has 0 bridgehead atoms. The van der Waals surface area contributed by atoms with Crippen LogP contribution in [0.2, 0.25) is 5.02 Å². The molecule has 9 nitrogen and oxygen atoms in total. The van der Waals surface area contributed by atoms with Gasteiger partial charge in [-0.25, -0.2) is 8.42 Å². The number of aromatic nitrogens is 4. The molecule has 180 valence electrons. The highest BCUT2D eigenvalue weighted by Crippen LogP contribution is 2.24. The largest absolute Gasteiger partial charge is 0.325 e. The van der Waals surface area contributed by atoms with E-state index in [1.54, 1.807) is 61.5 Å². The summed E-state index contributed by atoms with van der Waals surface area (Å²) < 4.78 is 28.3. The SMILES string of the molecule is Cc1ccc(S(=O)(=O)N(CC(=O)Nc2cccc(Cl)c2C)Cc2cccc(-c3nn[nH]n3)c2)cc1. The minimum atomic E-state index is -3.99. The van der Waals surface area contributed by atoms with Crippen molar-refractivity contribution in [2.45, 2.75) is 25.3 Å². The van der Waals surface area contributed by atoms with Gasteiger partial charge < -0.3 is 5.32 Å². The lowest BCUT2D eigenvalue weighted by Crippen LogP contribution is -2.37. The van der Waals surface area contributed by atoms with Crippen molar-refractivity contribution in [3.05, 3.63) is 88.4 Å². The average molecular weight is 511 g/mol. The van der Waals surface area contributed by atoms with Crippen LogP contribution >= 0.6 is 11.6 Å². The molecule has 4 rings (SSSR count). The van der Waals surface area contributed by atoms with Gasteiger partial charge in [-0.15, -0.1) is 10.2 Å². The van der Waals surface area contributed by atoms with Gasteiger partial charge in [0.25, 0.3) is 0 Å². The third-order valence-corrected chi connectivity index (χ3v) is 7.63. The number of amides is 1. The van der Waals surface area contributed by atoms with Crippen LogP contribution in [0.1, 0.15) is 16.7 Å². The number of hydrogen-bond acceptors (Lipinski definition) is 6. The fraction of sp³-hybridized carbons (Fsp3) is 0.167. The zero-order chi connectivity index (χ0) is 25.0. The van der Waals surface area contributed by atoms with E-state index in [4.69, 9.17) is 11.6 Å². The average Bonchev–Trinajstić information content (AvgIpc) is 3.37. The second-order valence-corrected chi connectivity index (χ2v) is 10.3. The van der Waals surface area contributed by atoms with Crippen molar-refractivity contribution in [3.63, 3.8) is 0 Å². The second-order valence-electron chi connectivity index (χ2n) is 7.98. The molecule has 2 N–H and O–H groups in total. The van der Waals surface area contributed by atoms with Crippen LogP contribution in [-0.4, -0.2) is 45.8 Å². The maximum atomic E-state index is 13.6. The predicted molar refractivity (Wildman–Crippen MR) is 133 cm³/mol. The van der Waals surface area contributed by atoms with E-state index >= 15 is 0 Å². The molecule has 0 aliphatic heterocycles. The minimum Gasteiger partial charge on any atom is -0.325 e. The van der Waals surface area contributed by atoms with Crippen LogP contribution in [0, 0.1) is 13.8 Å². The quantitative estimate of drug-likeness (QED) is 0.370. The van der Waals surface area contributed by atoms with E-state index in [1.165, 1.54) is 12.1 Å². The fourth-order valence-corrected chi connectivity index (χ4v) is 5.03. The third kappa shape index (κ3) is 5.73. The zero-order valence-electron chi connectivity index (χ0n) is 19.1. The molecule has 4 aromatic rings. The Bertz CT molecular complexity index is 1440. The van der Waals surface area contributed by atoms with Gasteiger partial charge in [-0.3, -0.25) is 4.79 Å². The summed E-state index contributed by atoms with van der Waals surface area (Å²) in [6, 6.07) is 18.8. The number of rotatable bonds is 8. The molecule has 0 aliphatic rings. The van der Waals surface area contributed by atoms with E-state index in [2.05, 4.69) is 25.9 Å². The number of nitrogens with zero attached hydrogens (tertiary/aromatic N) is 4. The fourth-order valence-electron chi connectivity index (χ4n) is 3.47. The lowest BCUT2D eigenvalue weighted by atomic mass is 10.1. The van der Waals surface area contributed by atoms with Gasteiger partial charge in [0.2, 0.25) is 21.8 Å². The second kappa shape index (κ2) is 10.3. The Labute approximate surface area is 208 Å². The molecule has 0 fully saturated rings. The number of aromatic amines is 1. The number of tetrazole rings is 1. The number of carbonyl (C=O) groups excluding carboxylic acids is 1. The van der Waals surface area contributed by atoms with Gasteiger partial charge in [0.1, 0.15) is 0 Å². The van der Waals surface area contributed by atoms with Crippen molar-refractivity contribution in [1.29, 1.82) is 0 Å². The maximum absolute atomic E-state index is 13.6. The van der Waals surface area contributed by atoms with E-state index < -0.39 is 22.5 Å². The van der Waals surface area contributed by atoms with Crippen LogP contribution < -0.4 is 5.32 Å². The molecule has 1 aromatic heterocycles. The van der Waals surface area contributed by atoms with Crippen molar-refractivity contribution < 1.29 is 13.2 Å². The molecule has 35 heavy (non-hydrogen) atoms. The lowest BCUT2D eigenvalue weighted by molar-refractivity contribution is -0.116. The number of carbonyl (C=O) groups is 1. The Kier molecular flexibility index (Phi) is 7.25. The molecule has 0 saturated heterocycles. The molecule has 1 heterocycles. The van der Waals surface area contributed by atoms with Crippen LogP contribution in [0.3, 0.4) is 0 Å². The summed E-state index contributed by atoms with van der Waals surface area (Å²) in [7, 11) is -3.99. The Morgan fingerprint density at radius 1 is 1.06 bits per heavy atom. The van der Waals surface area contributed by atoms with Crippen LogP contribution in [0.15, 0.2) is 71.6 Å². The summed E-state index contributed by atoms with van der Waals surface area (Å²) in [6.07, 6.45) is 0. The van der Waals surface area contributed by atoms with Gasteiger partial charge in [0.15, 0.2) is 0 Å². The molecule has 0 aliphatic carbocycles. The number of aryl methyl sites for hydroxylation is 1. The summed E-state index contributed by atoms with van der Waals surface area (Å²) in [5.74, 6) is -0.102. The van der Waals surface area contributed by atoms with Crippen molar-refractivity contribution in [2.24, 2.45) is 0 Å². The van der Waals surface area contributed by atoms with Crippen LogP contribution in [0.25, 0.3) is 11.4 Å². The highest BCUT2D eigenvalue weighted by atomic mass is 35.5. The van der Waals surface area contributed by atoms with Crippen LogP contribution in [-0.2, 0) is 21.4 Å². The van der Waals surface area contributed by atoms with Gasteiger partial charge in [0, 0.05) is 22.8 Å². The van der Waals surface area contributed by atoms with E-state index in [9.17, 15) is 13.2 Å². The number of benzene rings is 3. The van der Waals surface area contributed by atoms with Crippen LogP contribution in [0.5, 0.6) is 0 Å². The summed E-state index contributed by atoms with van der Waals surface area (Å²) in [5.41, 5.74) is 3.48. The summed E-state index contributed by atoms with van der Waals surface area (Å²) in [5, 5.41) is 17.2. The number of nitrogens with one attached hydrogen (secondary N) is 2. The number of H-pyrrole nitrogens is 1. The predicted octanol–water partition coefficient (Wildman–Crippen LogP) is 3.97. The molecule has 0 atom stereocenters. The Balaban J connectivity index is 1.64. The number of hydrogen-bond donors (Lipinski definition) is 2. The van der Waals surface area contributed by atoms with Crippen LogP contribution in [0.4, 0.5) is 5.69 Å². The topological polar surface area (TPSA) is 121 Å². The molecule has 0 radical (unpaired) electrons. The first-order chi connectivity index (χ1) is 16.7. The summed E-state index contributed by atoms with van der Waals surface area (Å²) in [6.45, 7) is 3.22. The van der Waals surface area contributed by atoms with Crippen molar-refractivity contribution in [1.82, 2.24) is 24.9 Å². The Morgan fingerprint density at radius 3 is 2.51 bits per heavy atom. The molecular formula is C24H23ClN6O3S. The number of halogens is 1. The van der Waals surface area contributed by atoms with E-state index in [1.807, 2.05) is 6.92 Å². The van der Waals surface area contributed by atoms with E-state index in [0.717, 1.165) is 9.87 Å². The molecule has 1 amide bonds. The van der Waals surface area contributed by atoms with Crippen molar-refractivity contribution in [3.8, 4) is 11.4 Å². The highest BCUT2D eigenvalue weighted by molar-refractivity contribution is 7.89. The van der Waals surface area contributed by atoms with E-state index in [-0.39, 0.29) is 11.4 Å². The minimum absolute atomic E-state index is 0.0378. The monoisotopic (exact) mass is 510 g/mol. The third-order valence-electron chi connectivity index (χ3n) is 5.41. The Hall–Kier alpha value is -3.60. The number of sulfonamides is 1. The molecule has 0 spiro atoms. The lowest BCUT2D eigenvalue weighted by Gasteiger charge is -2.22. The zero-order valence-corrected chi connectivity index (χ0v) is 20.6. The van der Waals surface area contributed by atoms with Gasteiger partial charge in [0.05, 0.1) is 11.4 Å². The van der Waals surface area contributed by atoms with Gasteiger partial charge in [-0.2, -0.15) is 9.52 Å². The first kappa shape index (κ1) is 24.5. The van der Waals surface area contributed by atoms with Crippen molar-refractivity contribution >= 4 is 33.2 Å². The first-order valence-corrected chi connectivity index (χ1v) is 12.5. The van der Waals surface area contributed by atoms with Gasteiger partial charge >= 0.3 is 0 Å². The normalized spacial score (nSPS) is 11.5. The highest BCUT2D eigenvalue weighted by Gasteiger charge is 2.27. The van der Waals surface area contributed by atoms with Gasteiger partial charge in [-0.05, 0) is 60.5 Å². The number of anilines is 1. The molecule has 11 heteroatoms. The summed E-state index contributed by atoms with van der Waals surface area (Å²) in [4.78, 5) is 13.1. The molecule has 0 unspecified atom stereocenters. The van der Waals surface area contributed by atoms with Crippen molar-refractivity contribution in [2.75, 3.05) is 11.9 Å². The Morgan fingerprint density at radius 2 is 1.80 bits per heavy atom.